The van der Waals surface area contributed by atoms with E-state index in [1.165, 1.54) is 141 Å². The van der Waals surface area contributed by atoms with Gasteiger partial charge in [0.2, 0.25) is 5.91 Å². The second-order valence-electron chi connectivity index (χ2n) is 22.9. The molecule has 7 atom stereocenters. The largest absolute Gasteiger partial charge is 0.394 e. The average molecular weight is 1160 g/mol. The van der Waals surface area contributed by atoms with Crippen LogP contribution in [0.15, 0.2) is 134 Å². The van der Waals surface area contributed by atoms with Gasteiger partial charge in [-0.2, -0.15) is 0 Å². The van der Waals surface area contributed by atoms with E-state index in [0.717, 1.165) is 109 Å². The Bertz CT molecular complexity index is 1770. The molecule has 1 aliphatic rings. The van der Waals surface area contributed by atoms with Gasteiger partial charge in [-0.3, -0.25) is 4.79 Å². The molecule has 0 aliphatic carbocycles. The van der Waals surface area contributed by atoms with Crippen molar-refractivity contribution in [2.24, 2.45) is 0 Å². The Kier molecular flexibility index (Phi) is 57.2. The summed E-state index contributed by atoms with van der Waals surface area (Å²) in [6.07, 6.45) is 86.8. The highest BCUT2D eigenvalue weighted by molar-refractivity contribution is 5.76. The van der Waals surface area contributed by atoms with Gasteiger partial charge >= 0.3 is 0 Å². The smallest absolute Gasteiger partial charge is 0.220 e. The summed E-state index contributed by atoms with van der Waals surface area (Å²) in [5.41, 5.74) is 0. The molecule has 0 spiro atoms. The van der Waals surface area contributed by atoms with E-state index in [0.29, 0.717) is 6.42 Å². The van der Waals surface area contributed by atoms with Gasteiger partial charge in [0.15, 0.2) is 6.29 Å². The standard InChI is InChI=1S/C74H125NO8/c1-3-5-7-9-11-13-15-17-19-21-23-25-26-27-28-29-30-31-32-33-34-35-36-37-38-39-40-41-42-44-46-48-50-52-54-56-58-60-62-64-70(78)75-67(66-82-74-73(81)72(80)71(79)69(65-76)83-74)68(77)63-61-59-57-55-53-51-49-47-45-43-24-22-20-18-16-14-12-10-8-6-4-2/h5,7,11,13,17,19,23,25,27-28,30-31,33-34,36-37,39-40,53,55,61,63,67-69,71-74,76-77,79-81H,3-4,6,8-10,12,14-16,18,20-22,24,26,29,32,35,38,41-52,54,56-60,62,64-66H2,1-2H3,(H,75,78)/b7-5-,13-11-,19-17-,25-23-,28-27-,31-30-,34-33-,37-36-,40-39-,55-53+,63-61+. The van der Waals surface area contributed by atoms with Crippen molar-refractivity contribution in [3.05, 3.63) is 134 Å². The van der Waals surface area contributed by atoms with E-state index in [4.69, 9.17) is 9.47 Å². The number of nitrogens with one attached hydrogen (secondary N) is 1. The predicted molar refractivity (Wildman–Crippen MR) is 354 cm³/mol. The normalized spacial score (nSPS) is 19.1. The molecule has 0 aromatic rings. The van der Waals surface area contributed by atoms with Crippen molar-refractivity contribution in [1.82, 2.24) is 5.32 Å². The van der Waals surface area contributed by atoms with Crippen molar-refractivity contribution >= 4 is 5.91 Å². The quantitative estimate of drug-likeness (QED) is 0.0261. The number of hydrogen-bond acceptors (Lipinski definition) is 8. The monoisotopic (exact) mass is 1160 g/mol. The van der Waals surface area contributed by atoms with Gasteiger partial charge in [0, 0.05) is 6.42 Å². The number of ether oxygens (including phenoxy) is 2. The molecular formula is C74H125NO8. The summed E-state index contributed by atoms with van der Waals surface area (Å²) in [7, 11) is 0. The van der Waals surface area contributed by atoms with E-state index in [2.05, 4.69) is 141 Å². The fraction of sp³-hybridized carbons (Fsp3) is 0.689. The van der Waals surface area contributed by atoms with Gasteiger partial charge in [-0.15, -0.1) is 0 Å². The SMILES string of the molecule is CC/C=C\C/C=C\C/C=C\C/C=C\C/C=C\C/C=C\C/C=C\C/C=C\C/C=C\CCCCCCCCCCCCCC(=O)NC(COC1OC(CO)C(O)C(O)C1O)C(O)/C=C/CC/C=C/CCCCCCCCCCCCCCCCC. The summed E-state index contributed by atoms with van der Waals surface area (Å²) in [5.74, 6) is -0.193. The first kappa shape index (κ1) is 77.3. The van der Waals surface area contributed by atoms with E-state index >= 15 is 0 Å². The van der Waals surface area contributed by atoms with Gasteiger partial charge in [0.25, 0.3) is 0 Å². The van der Waals surface area contributed by atoms with E-state index in [1.54, 1.807) is 6.08 Å². The number of carbonyl (C=O) groups excluding carboxylic acids is 1. The first-order chi connectivity index (χ1) is 40.8. The third kappa shape index (κ3) is 50.2. The van der Waals surface area contributed by atoms with Crippen LogP contribution in [-0.2, 0) is 14.3 Å². The van der Waals surface area contributed by atoms with Gasteiger partial charge < -0.3 is 40.3 Å². The van der Waals surface area contributed by atoms with Crippen LogP contribution < -0.4 is 5.32 Å². The molecular weight excluding hydrogens is 1030 g/mol. The molecule has 1 saturated heterocycles. The number of aliphatic hydroxyl groups excluding tert-OH is 5. The van der Waals surface area contributed by atoms with Crippen LogP contribution in [0.25, 0.3) is 0 Å². The van der Waals surface area contributed by atoms with Crippen LogP contribution in [0.2, 0.25) is 0 Å². The molecule has 83 heavy (non-hydrogen) atoms. The molecule has 1 fully saturated rings. The van der Waals surface area contributed by atoms with Crippen LogP contribution >= 0.6 is 0 Å². The Morgan fingerprint density at radius 1 is 0.422 bits per heavy atom. The molecule has 474 valence electrons. The molecule has 0 saturated carbocycles. The van der Waals surface area contributed by atoms with E-state index < -0.39 is 49.5 Å². The first-order valence-corrected chi connectivity index (χ1v) is 33.9. The van der Waals surface area contributed by atoms with Gasteiger partial charge in [0.05, 0.1) is 25.4 Å². The number of carbonyl (C=O) groups is 1. The van der Waals surface area contributed by atoms with Crippen molar-refractivity contribution < 1.29 is 39.8 Å². The van der Waals surface area contributed by atoms with Crippen LogP contribution in [0.1, 0.15) is 271 Å². The Balaban J connectivity index is 2.17. The van der Waals surface area contributed by atoms with Crippen LogP contribution in [0.3, 0.4) is 0 Å². The number of aliphatic hydroxyl groups is 5. The summed E-state index contributed by atoms with van der Waals surface area (Å²) in [5, 5.41) is 54.7. The van der Waals surface area contributed by atoms with Crippen LogP contribution in [0.5, 0.6) is 0 Å². The van der Waals surface area contributed by atoms with Crippen molar-refractivity contribution in [1.29, 1.82) is 0 Å². The van der Waals surface area contributed by atoms with Crippen molar-refractivity contribution in [3.63, 3.8) is 0 Å². The zero-order valence-corrected chi connectivity index (χ0v) is 52.9. The molecule has 1 amide bonds. The zero-order chi connectivity index (χ0) is 60.0. The van der Waals surface area contributed by atoms with Gasteiger partial charge in [-0.05, 0) is 103 Å². The average Bonchev–Trinajstić information content (AvgIpc) is 3.60. The third-order valence-electron chi connectivity index (χ3n) is 15.2. The highest BCUT2D eigenvalue weighted by atomic mass is 16.7. The van der Waals surface area contributed by atoms with Gasteiger partial charge in [0.1, 0.15) is 24.4 Å². The summed E-state index contributed by atoms with van der Waals surface area (Å²) >= 11 is 0. The fourth-order valence-corrected chi connectivity index (χ4v) is 9.93. The van der Waals surface area contributed by atoms with E-state index in [1.807, 2.05) is 6.08 Å². The zero-order valence-electron chi connectivity index (χ0n) is 52.9. The maximum Gasteiger partial charge on any atom is 0.220 e. The summed E-state index contributed by atoms with van der Waals surface area (Å²) in [6, 6.07) is -0.833. The lowest BCUT2D eigenvalue weighted by Gasteiger charge is -2.40. The molecule has 1 heterocycles. The fourth-order valence-electron chi connectivity index (χ4n) is 9.93. The van der Waals surface area contributed by atoms with Crippen molar-refractivity contribution in [3.8, 4) is 0 Å². The Hall–Kier alpha value is -3.67. The summed E-state index contributed by atoms with van der Waals surface area (Å²) in [4.78, 5) is 13.1. The second-order valence-corrected chi connectivity index (χ2v) is 22.9. The van der Waals surface area contributed by atoms with Crippen molar-refractivity contribution in [2.45, 2.75) is 314 Å². The molecule has 1 rings (SSSR count). The first-order valence-electron chi connectivity index (χ1n) is 33.9. The maximum absolute atomic E-state index is 13.1. The second kappa shape index (κ2) is 61.4. The summed E-state index contributed by atoms with van der Waals surface area (Å²) < 4.78 is 11.3. The number of hydrogen-bond donors (Lipinski definition) is 6. The molecule has 6 N–H and O–H groups in total. The molecule has 9 heteroatoms. The third-order valence-corrected chi connectivity index (χ3v) is 15.2. The number of rotatable bonds is 57. The lowest BCUT2D eigenvalue weighted by molar-refractivity contribution is -0.302. The maximum atomic E-state index is 13.1. The molecule has 7 unspecified atom stereocenters. The van der Waals surface area contributed by atoms with Crippen LogP contribution in [0.4, 0.5) is 0 Å². The van der Waals surface area contributed by atoms with Gasteiger partial charge in [-0.25, -0.2) is 0 Å². The molecule has 0 radical (unpaired) electrons. The molecule has 0 aromatic carbocycles. The predicted octanol–water partition coefficient (Wildman–Crippen LogP) is 18.4. The van der Waals surface area contributed by atoms with Gasteiger partial charge in [-0.1, -0.05) is 295 Å². The highest BCUT2D eigenvalue weighted by Gasteiger charge is 2.44. The Labute approximate surface area is 509 Å². The Morgan fingerprint density at radius 3 is 1.16 bits per heavy atom. The number of unbranched alkanes of at least 4 members (excludes halogenated alkanes) is 27. The van der Waals surface area contributed by atoms with E-state index in [9.17, 15) is 30.3 Å². The number of amides is 1. The van der Waals surface area contributed by atoms with Crippen molar-refractivity contribution in [2.75, 3.05) is 13.2 Å². The van der Waals surface area contributed by atoms with Crippen LogP contribution in [0, 0.1) is 0 Å². The van der Waals surface area contributed by atoms with Crippen LogP contribution in [-0.4, -0.2) is 87.5 Å². The molecule has 1 aliphatic heterocycles. The number of allylic oxidation sites excluding steroid dienone is 21. The molecule has 9 nitrogen and oxygen atoms in total. The Morgan fingerprint density at radius 2 is 0.759 bits per heavy atom. The molecule has 0 bridgehead atoms. The van der Waals surface area contributed by atoms with E-state index in [-0.39, 0.29) is 12.5 Å². The minimum absolute atomic E-state index is 0.193. The lowest BCUT2D eigenvalue weighted by atomic mass is 9.99. The molecule has 0 aromatic heterocycles. The summed E-state index contributed by atoms with van der Waals surface area (Å²) in [6.45, 7) is 3.66. The lowest BCUT2D eigenvalue weighted by Crippen LogP contribution is -2.60. The topological polar surface area (TPSA) is 149 Å². The minimum atomic E-state index is -1.58. The minimum Gasteiger partial charge on any atom is -0.394 e. The highest BCUT2D eigenvalue weighted by Crippen LogP contribution is 2.23.